The van der Waals surface area contributed by atoms with Crippen molar-refractivity contribution in [2.24, 2.45) is 23.4 Å². The average molecular weight is 511 g/mol. The van der Waals surface area contributed by atoms with E-state index in [4.69, 9.17) is 4.74 Å². The van der Waals surface area contributed by atoms with E-state index >= 15 is 0 Å². The summed E-state index contributed by atoms with van der Waals surface area (Å²) in [6.45, 7) is 6.29. The van der Waals surface area contributed by atoms with E-state index in [9.17, 15) is 0 Å². The Morgan fingerprint density at radius 1 is 1.54 bits per heavy atom. The Kier molecular flexibility index (Phi) is 6.29. The van der Waals surface area contributed by atoms with Crippen LogP contribution in [0.2, 0.25) is 0 Å². The lowest BCUT2D eigenvalue weighted by Gasteiger charge is -2.55. The molecule has 2 fully saturated rings. The molecule has 1 aromatic rings. The highest BCUT2D eigenvalue weighted by Gasteiger charge is 2.59. The molecule has 1 N–H and O–H groups in total. The fourth-order valence-electron chi connectivity index (χ4n) is 4.14. The lowest BCUT2D eigenvalue weighted by atomic mass is 9.57. The Balaban J connectivity index is 0.00000208. The second-order valence-corrected chi connectivity index (χ2v) is 8.27. The maximum absolute atomic E-state index is 5.89. The van der Waals surface area contributed by atoms with Gasteiger partial charge in [0.15, 0.2) is 5.96 Å². The molecule has 7 heteroatoms. The van der Waals surface area contributed by atoms with Crippen molar-refractivity contribution in [1.29, 1.82) is 0 Å². The zero-order chi connectivity index (χ0) is 16.8. The number of fused-ring (bicyclic) bond motifs is 1. The first-order valence-corrected chi connectivity index (χ1v) is 9.00. The van der Waals surface area contributed by atoms with Crippen molar-refractivity contribution in [3.8, 4) is 0 Å². The van der Waals surface area contributed by atoms with E-state index in [2.05, 4.69) is 75.9 Å². The molecule has 3 unspecified atom stereocenters. The Labute approximate surface area is 170 Å². The number of halogens is 2. The predicted octanol–water partition coefficient (Wildman–Crippen LogP) is 3.23. The number of aliphatic imine (C=N–C) groups is 1. The maximum Gasteiger partial charge on any atom is 0.193 e. The van der Waals surface area contributed by atoms with E-state index < -0.39 is 0 Å². The summed E-state index contributed by atoms with van der Waals surface area (Å²) in [4.78, 5) is 6.67. The highest BCUT2D eigenvalue weighted by atomic mass is 127. The molecule has 136 valence electrons. The molecule has 2 aliphatic rings. The van der Waals surface area contributed by atoms with E-state index in [1.54, 1.807) is 0 Å². The summed E-state index contributed by atoms with van der Waals surface area (Å²) in [6.07, 6.45) is 3.62. The van der Waals surface area contributed by atoms with Gasteiger partial charge in [-0.3, -0.25) is 4.99 Å². The first-order valence-electron chi connectivity index (χ1n) is 8.21. The first kappa shape index (κ1) is 20.0. The van der Waals surface area contributed by atoms with Gasteiger partial charge in [-0.25, -0.2) is 0 Å². The van der Waals surface area contributed by atoms with Gasteiger partial charge >= 0.3 is 0 Å². The molecule has 5 nitrogen and oxygen atoms in total. The van der Waals surface area contributed by atoms with E-state index in [0.29, 0.717) is 18.1 Å². The van der Waals surface area contributed by atoms with Crippen molar-refractivity contribution >= 4 is 45.9 Å². The second kappa shape index (κ2) is 7.53. The van der Waals surface area contributed by atoms with Crippen molar-refractivity contribution in [3.05, 3.63) is 22.4 Å². The molecule has 1 aliphatic carbocycles. The number of rotatable bonds is 3. The first-order chi connectivity index (χ1) is 10.8. The zero-order valence-electron chi connectivity index (χ0n) is 15.0. The molecule has 3 rings (SSSR count). The van der Waals surface area contributed by atoms with Gasteiger partial charge in [0, 0.05) is 61.5 Å². The number of guanidine groups is 1. The smallest absolute Gasteiger partial charge is 0.193 e. The van der Waals surface area contributed by atoms with Crippen LogP contribution < -0.4 is 5.32 Å². The zero-order valence-corrected chi connectivity index (χ0v) is 19.0. The van der Waals surface area contributed by atoms with E-state index in [-0.39, 0.29) is 29.4 Å². The number of hydrogen-bond donors (Lipinski definition) is 1. The van der Waals surface area contributed by atoms with E-state index in [0.717, 1.165) is 30.0 Å². The summed E-state index contributed by atoms with van der Waals surface area (Å²) in [6, 6.07) is 2.58. The summed E-state index contributed by atoms with van der Waals surface area (Å²) in [5, 5.41) is 3.69. The third-order valence-corrected chi connectivity index (χ3v) is 5.87. The van der Waals surface area contributed by atoms with Gasteiger partial charge in [0.1, 0.15) is 0 Å². The third-order valence-electron chi connectivity index (χ3n) is 5.43. The average Bonchev–Trinajstić information content (AvgIpc) is 3.05. The number of aromatic nitrogens is 1. The SMILES string of the molecule is CN=C(NC1C2CCOC2C1(C)C)N(C)Cc1cc(Br)cn1C.I. The number of ether oxygens (including phenoxy) is 1. The lowest BCUT2D eigenvalue weighted by Crippen LogP contribution is -2.67. The van der Waals surface area contributed by atoms with Crippen LogP contribution in [0.4, 0.5) is 0 Å². The largest absolute Gasteiger partial charge is 0.377 e. The van der Waals surface area contributed by atoms with Crippen LogP contribution in [0.1, 0.15) is 26.0 Å². The summed E-state index contributed by atoms with van der Waals surface area (Å²) in [5.41, 5.74) is 1.41. The van der Waals surface area contributed by atoms with Crippen molar-refractivity contribution in [1.82, 2.24) is 14.8 Å². The van der Waals surface area contributed by atoms with Gasteiger partial charge in [-0.1, -0.05) is 13.8 Å². The minimum absolute atomic E-state index is 0. The van der Waals surface area contributed by atoms with Gasteiger partial charge in [-0.05, 0) is 28.4 Å². The molecular weight excluding hydrogens is 483 g/mol. The molecule has 0 bridgehead atoms. The van der Waals surface area contributed by atoms with Crippen LogP contribution in [0.5, 0.6) is 0 Å². The molecule has 0 aromatic carbocycles. The van der Waals surface area contributed by atoms with Gasteiger partial charge in [0.25, 0.3) is 0 Å². The Bertz CT molecular complexity index is 616. The number of aryl methyl sites for hydroxylation is 1. The molecule has 2 heterocycles. The molecule has 0 spiro atoms. The Hall–Kier alpha value is -0.280. The molecule has 0 radical (unpaired) electrons. The molecule has 1 aliphatic heterocycles. The molecule has 3 atom stereocenters. The lowest BCUT2D eigenvalue weighted by molar-refractivity contribution is -0.107. The Morgan fingerprint density at radius 2 is 2.25 bits per heavy atom. The molecule has 1 saturated heterocycles. The van der Waals surface area contributed by atoms with Crippen LogP contribution in [0, 0.1) is 11.3 Å². The summed E-state index contributed by atoms with van der Waals surface area (Å²) in [7, 11) is 6.01. The van der Waals surface area contributed by atoms with Gasteiger partial charge in [-0.2, -0.15) is 0 Å². The van der Waals surface area contributed by atoms with Crippen LogP contribution >= 0.6 is 39.9 Å². The highest BCUT2D eigenvalue weighted by Crippen LogP contribution is 2.52. The standard InChI is InChI=1S/C17H27BrN4O.HI/c1-17(2)14(13-6-7-23-15(13)17)20-16(19-3)22(5)10-12-8-11(18)9-21(12)4;/h8-9,13-15H,6-7,10H2,1-5H3,(H,19,20);1H. The van der Waals surface area contributed by atoms with E-state index in [1.165, 1.54) is 5.69 Å². The predicted molar refractivity (Wildman–Crippen MR) is 112 cm³/mol. The highest BCUT2D eigenvalue weighted by molar-refractivity contribution is 14.0. The summed E-state index contributed by atoms with van der Waals surface area (Å²) < 4.78 is 9.13. The van der Waals surface area contributed by atoms with Gasteiger partial charge < -0.3 is 19.5 Å². The fourth-order valence-corrected chi connectivity index (χ4v) is 4.71. The second-order valence-electron chi connectivity index (χ2n) is 7.35. The molecular formula is C17H28BrIN4O. The van der Waals surface area contributed by atoms with Crippen LogP contribution in [0.15, 0.2) is 21.7 Å². The molecule has 24 heavy (non-hydrogen) atoms. The van der Waals surface area contributed by atoms with Gasteiger partial charge in [-0.15, -0.1) is 24.0 Å². The molecule has 1 saturated carbocycles. The third kappa shape index (κ3) is 3.49. The molecule has 1 aromatic heterocycles. The number of nitrogens with one attached hydrogen (secondary N) is 1. The van der Waals surface area contributed by atoms with Gasteiger partial charge in [0.2, 0.25) is 0 Å². The normalized spacial score (nSPS) is 27.9. The summed E-state index contributed by atoms with van der Waals surface area (Å²) >= 11 is 3.53. The fraction of sp³-hybridized carbons (Fsp3) is 0.706. The van der Waals surface area contributed by atoms with Crippen LogP contribution in [-0.4, -0.2) is 48.3 Å². The van der Waals surface area contributed by atoms with Crippen molar-refractivity contribution in [2.75, 3.05) is 20.7 Å². The minimum atomic E-state index is 0. The van der Waals surface area contributed by atoms with Gasteiger partial charge in [0.05, 0.1) is 12.6 Å². The quantitative estimate of drug-likeness (QED) is 0.385. The van der Waals surface area contributed by atoms with Crippen molar-refractivity contribution in [3.63, 3.8) is 0 Å². The number of hydrogen-bond acceptors (Lipinski definition) is 2. The monoisotopic (exact) mass is 510 g/mol. The van der Waals surface area contributed by atoms with Crippen LogP contribution in [-0.2, 0) is 18.3 Å². The minimum Gasteiger partial charge on any atom is -0.377 e. The van der Waals surface area contributed by atoms with E-state index in [1.807, 2.05) is 7.05 Å². The Morgan fingerprint density at radius 3 is 2.83 bits per heavy atom. The maximum atomic E-state index is 5.89. The van der Waals surface area contributed by atoms with Crippen LogP contribution in [0.25, 0.3) is 0 Å². The van der Waals surface area contributed by atoms with Crippen LogP contribution in [0.3, 0.4) is 0 Å². The summed E-state index contributed by atoms with van der Waals surface area (Å²) in [5.74, 6) is 1.56. The van der Waals surface area contributed by atoms with Crippen molar-refractivity contribution in [2.45, 2.75) is 39.0 Å². The number of nitrogens with zero attached hydrogens (tertiary/aromatic N) is 3. The topological polar surface area (TPSA) is 41.8 Å². The van der Waals surface area contributed by atoms with Crippen molar-refractivity contribution < 1.29 is 4.74 Å². The molecule has 0 amide bonds.